The average Bonchev–Trinajstić information content (AvgIpc) is 2.76. The predicted octanol–water partition coefficient (Wildman–Crippen LogP) is 3.39. The van der Waals surface area contributed by atoms with Gasteiger partial charge in [0.15, 0.2) is 5.96 Å². The highest BCUT2D eigenvalue weighted by Crippen LogP contribution is 2.19. The van der Waals surface area contributed by atoms with E-state index in [1.165, 1.54) is 5.56 Å². The molecule has 0 radical (unpaired) electrons. The van der Waals surface area contributed by atoms with Gasteiger partial charge in [0.1, 0.15) is 5.75 Å². The number of aromatic nitrogens is 1. The summed E-state index contributed by atoms with van der Waals surface area (Å²) in [5, 5.41) is 7.02. The van der Waals surface area contributed by atoms with E-state index in [1.54, 1.807) is 7.11 Å². The van der Waals surface area contributed by atoms with Gasteiger partial charge in [0, 0.05) is 45.5 Å². The highest BCUT2D eigenvalue weighted by atomic mass is 127. The van der Waals surface area contributed by atoms with Gasteiger partial charge in [-0.2, -0.15) is 0 Å². The highest BCUT2D eigenvalue weighted by molar-refractivity contribution is 14.0. The number of rotatable bonds is 7. The third-order valence-electron chi connectivity index (χ3n) is 5.44. The number of ether oxygens (including phenoxy) is 1. The summed E-state index contributed by atoms with van der Waals surface area (Å²) in [6.07, 6.45) is 5.03. The van der Waals surface area contributed by atoms with Crippen molar-refractivity contribution in [3.05, 3.63) is 59.4 Å². The van der Waals surface area contributed by atoms with E-state index in [9.17, 15) is 0 Å². The number of nitrogens with one attached hydrogen (secondary N) is 2. The molecule has 0 atom stereocenters. The molecule has 1 aliphatic heterocycles. The van der Waals surface area contributed by atoms with Crippen LogP contribution in [0.4, 0.5) is 0 Å². The zero-order chi connectivity index (χ0) is 20.5. The van der Waals surface area contributed by atoms with Crippen LogP contribution in [0.15, 0.2) is 47.6 Å². The highest BCUT2D eigenvalue weighted by Gasteiger charge is 2.20. The molecule has 1 aliphatic rings. The van der Waals surface area contributed by atoms with Gasteiger partial charge in [-0.05, 0) is 55.5 Å². The minimum absolute atomic E-state index is 0. The van der Waals surface area contributed by atoms with Crippen LogP contribution in [0.5, 0.6) is 5.75 Å². The molecular formula is C23H34IN5O. The van der Waals surface area contributed by atoms with Gasteiger partial charge >= 0.3 is 0 Å². The molecule has 1 aromatic carbocycles. The first-order valence-electron chi connectivity index (χ1n) is 10.4. The minimum Gasteiger partial charge on any atom is -0.496 e. The van der Waals surface area contributed by atoms with Gasteiger partial charge in [-0.1, -0.05) is 18.2 Å². The van der Waals surface area contributed by atoms with Crippen molar-refractivity contribution in [3.63, 3.8) is 0 Å². The van der Waals surface area contributed by atoms with E-state index < -0.39 is 0 Å². The summed E-state index contributed by atoms with van der Waals surface area (Å²) in [5.41, 5.74) is 3.57. The van der Waals surface area contributed by atoms with Crippen LogP contribution >= 0.6 is 24.0 Å². The fourth-order valence-electron chi connectivity index (χ4n) is 3.69. The molecule has 30 heavy (non-hydrogen) atoms. The molecule has 0 saturated carbocycles. The molecule has 7 heteroatoms. The Hall–Kier alpha value is -1.87. The Kier molecular flexibility index (Phi) is 10.4. The number of benzene rings is 1. The SMILES string of the molecule is CN=C(NCCc1ccc(C)c(OC)c1)NC1CCN(Cc2ccccn2)CC1.I. The van der Waals surface area contributed by atoms with E-state index in [-0.39, 0.29) is 24.0 Å². The number of likely N-dealkylation sites (tertiary alicyclic amines) is 1. The summed E-state index contributed by atoms with van der Waals surface area (Å²) < 4.78 is 5.42. The van der Waals surface area contributed by atoms with Gasteiger partial charge in [0.2, 0.25) is 0 Å². The Morgan fingerprint density at radius 2 is 2.03 bits per heavy atom. The minimum atomic E-state index is 0. The zero-order valence-electron chi connectivity index (χ0n) is 18.2. The average molecular weight is 523 g/mol. The first kappa shape index (κ1) is 24.4. The Bertz CT molecular complexity index is 791. The molecule has 0 aliphatic carbocycles. The van der Waals surface area contributed by atoms with Crippen LogP contribution in [-0.2, 0) is 13.0 Å². The first-order chi connectivity index (χ1) is 14.2. The van der Waals surface area contributed by atoms with Gasteiger partial charge in [0.05, 0.1) is 12.8 Å². The second-order valence-electron chi connectivity index (χ2n) is 7.57. The maximum absolute atomic E-state index is 5.42. The predicted molar refractivity (Wildman–Crippen MR) is 134 cm³/mol. The Morgan fingerprint density at radius 1 is 1.23 bits per heavy atom. The summed E-state index contributed by atoms with van der Waals surface area (Å²) in [6.45, 7) is 5.99. The summed E-state index contributed by atoms with van der Waals surface area (Å²) in [4.78, 5) is 11.3. The van der Waals surface area contributed by atoms with Crippen molar-refractivity contribution >= 4 is 29.9 Å². The third-order valence-corrected chi connectivity index (χ3v) is 5.44. The van der Waals surface area contributed by atoms with Crippen LogP contribution < -0.4 is 15.4 Å². The molecule has 0 unspecified atom stereocenters. The molecule has 2 heterocycles. The smallest absolute Gasteiger partial charge is 0.191 e. The molecule has 2 N–H and O–H groups in total. The monoisotopic (exact) mass is 523 g/mol. The van der Waals surface area contributed by atoms with E-state index in [0.717, 1.165) is 68.4 Å². The van der Waals surface area contributed by atoms with Crippen molar-refractivity contribution < 1.29 is 4.74 Å². The largest absolute Gasteiger partial charge is 0.496 e. The Morgan fingerprint density at radius 3 is 2.70 bits per heavy atom. The van der Waals surface area contributed by atoms with Crippen LogP contribution in [0.25, 0.3) is 0 Å². The number of hydrogen-bond acceptors (Lipinski definition) is 4. The lowest BCUT2D eigenvalue weighted by Crippen LogP contribution is -2.48. The standard InChI is InChI=1S/C23H33N5O.HI/c1-18-7-8-19(16-22(18)29-3)9-13-26-23(24-2)27-20-10-14-28(15-11-20)17-21-6-4-5-12-25-21;/h4-8,12,16,20H,9-11,13-15,17H2,1-3H3,(H2,24,26,27);1H. The number of nitrogens with zero attached hydrogens (tertiary/aromatic N) is 3. The van der Waals surface area contributed by atoms with Gasteiger partial charge < -0.3 is 15.4 Å². The van der Waals surface area contributed by atoms with Crippen LogP contribution in [0.2, 0.25) is 0 Å². The lowest BCUT2D eigenvalue weighted by atomic mass is 10.0. The first-order valence-corrected chi connectivity index (χ1v) is 10.4. The third kappa shape index (κ3) is 7.43. The molecule has 2 aromatic rings. The van der Waals surface area contributed by atoms with Gasteiger partial charge in [-0.15, -0.1) is 24.0 Å². The molecule has 0 bridgehead atoms. The summed E-state index contributed by atoms with van der Waals surface area (Å²) in [6, 6.07) is 13.0. The van der Waals surface area contributed by atoms with Crippen molar-refractivity contribution in [1.29, 1.82) is 0 Å². The van der Waals surface area contributed by atoms with Crippen LogP contribution in [0, 0.1) is 6.92 Å². The maximum Gasteiger partial charge on any atom is 0.191 e. The molecule has 164 valence electrons. The van der Waals surface area contributed by atoms with Crippen LogP contribution in [-0.4, -0.2) is 55.7 Å². The molecule has 6 nitrogen and oxygen atoms in total. The molecule has 1 saturated heterocycles. The Labute approximate surface area is 197 Å². The number of methoxy groups -OCH3 is 1. The van der Waals surface area contributed by atoms with Crippen molar-refractivity contribution in [1.82, 2.24) is 20.5 Å². The lowest BCUT2D eigenvalue weighted by Gasteiger charge is -2.32. The number of aliphatic imine (C=N–C) groups is 1. The Balaban J connectivity index is 0.00000320. The van der Waals surface area contributed by atoms with Crippen LogP contribution in [0.3, 0.4) is 0 Å². The number of aryl methyl sites for hydroxylation is 1. The van der Waals surface area contributed by atoms with Gasteiger partial charge in [-0.3, -0.25) is 14.9 Å². The van der Waals surface area contributed by atoms with E-state index in [0.29, 0.717) is 6.04 Å². The van der Waals surface area contributed by atoms with Crippen LogP contribution in [0.1, 0.15) is 29.7 Å². The second-order valence-corrected chi connectivity index (χ2v) is 7.57. The topological polar surface area (TPSA) is 61.8 Å². The van der Waals surface area contributed by atoms with E-state index in [2.05, 4.69) is 62.8 Å². The number of hydrogen-bond donors (Lipinski definition) is 2. The van der Waals surface area contributed by atoms with E-state index in [1.807, 2.05) is 19.3 Å². The molecule has 0 spiro atoms. The molecule has 1 fully saturated rings. The van der Waals surface area contributed by atoms with Gasteiger partial charge in [-0.25, -0.2) is 0 Å². The maximum atomic E-state index is 5.42. The van der Waals surface area contributed by atoms with Gasteiger partial charge in [0.25, 0.3) is 0 Å². The summed E-state index contributed by atoms with van der Waals surface area (Å²) >= 11 is 0. The number of halogens is 1. The van der Waals surface area contributed by atoms with E-state index in [4.69, 9.17) is 4.74 Å². The van der Waals surface area contributed by atoms with Crippen molar-refractivity contribution in [2.75, 3.05) is 33.8 Å². The van der Waals surface area contributed by atoms with Crippen molar-refractivity contribution in [2.45, 2.75) is 38.8 Å². The summed E-state index contributed by atoms with van der Waals surface area (Å²) in [5.74, 6) is 1.83. The van der Waals surface area contributed by atoms with Crippen molar-refractivity contribution in [2.24, 2.45) is 4.99 Å². The number of piperidine rings is 1. The normalized spacial score (nSPS) is 15.4. The number of pyridine rings is 1. The van der Waals surface area contributed by atoms with Crippen molar-refractivity contribution in [3.8, 4) is 5.75 Å². The fourth-order valence-corrected chi connectivity index (χ4v) is 3.69. The fraction of sp³-hybridized carbons (Fsp3) is 0.478. The number of guanidine groups is 1. The molecule has 3 rings (SSSR count). The lowest BCUT2D eigenvalue weighted by molar-refractivity contribution is 0.196. The second kappa shape index (κ2) is 12.7. The molecule has 1 aromatic heterocycles. The quantitative estimate of drug-likeness (QED) is 0.331. The van der Waals surface area contributed by atoms with E-state index >= 15 is 0 Å². The zero-order valence-corrected chi connectivity index (χ0v) is 20.6. The molecule has 0 amide bonds. The molecular weight excluding hydrogens is 489 g/mol. The summed E-state index contributed by atoms with van der Waals surface area (Å²) in [7, 11) is 3.55.